The third-order valence-electron chi connectivity index (χ3n) is 6.52. The number of hydrogen-bond donors (Lipinski definition) is 0. The molecule has 1 aromatic heterocycles. The Bertz CT molecular complexity index is 1170. The fourth-order valence-corrected chi connectivity index (χ4v) is 4.21. The van der Waals surface area contributed by atoms with Crippen molar-refractivity contribution in [2.24, 2.45) is 0 Å². The highest BCUT2D eigenvalue weighted by atomic mass is 15.0. The highest BCUT2D eigenvalue weighted by Crippen LogP contribution is 2.30. The number of allylic oxidation sites excluding steroid dienone is 1. The average Bonchev–Trinajstić information content (AvgIpc) is 3.20. The van der Waals surface area contributed by atoms with Gasteiger partial charge in [-0.15, -0.1) is 0 Å². The van der Waals surface area contributed by atoms with Crippen LogP contribution in [0.4, 0.5) is 0 Å². The van der Waals surface area contributed by atoms with Crippen molar-refractivity contribution in [1.82, 2.24) is 0 Å². The van der Waals surface area contributed by atoms with Crippen molar-refractivity contribution in [3.63, 3.8) is 0 Å². The van der Waals surface area contributed by atoms with Crippen molar-refractivity contribution in [1.29, 1.82) is 0 Å². The lowest BCUT2D eigenvalue weighted by Gasteiger charge is -2.13. The first-order valence-electron chi connectivity index (χ1n) is 11.4. The van der Waals surface area contributed by atoms with E-state index in [2.05, 4.69) is 106 Å². The molecule has 0 bridgehead atoms. The minimum Gasteiger partial charge on any atom is -0.202 e. The second-order valence-electron chi connectivity index (χ2n) is 8.60. The normalized spacial score (nSPS) is 12.8. The molecule has 0 saturated heterocycles. The van der Waals surface area contributed by atoms with Crippen molar-refractivity contribution < 1.29 is 9.14 Å². The van der Waals surface area contributed by atoms with Crippen LogP contribution in [0.1, 0.15) is 54.0 Å². The third kappa shape index (κ3) is 4.80. The Balaban J connectivity index is 0.000000181. The van der Waals surface area contributed by atoms with Crippen LogP contribution in [0.3, 0.4) is 0 Å². The van der Waals surface area contributed by atoms with E-state index < -0.39 is 0 Å². The van der Waals surface area contributed by atoms with Gasteiger partial charge in [-0.05, 0) is 62.1 Å². The summed E-state index contributed by atoms with van der Waals surface area (Å²) in [6, 6.07) is 19.4. The van der Waals surface area contributed by atoms with Crippen molar-refractivity contribution in [3.05, 3.63) is 108 Å². The van der Waals surface area contributed by atoms with E-state index in [4.69, 9.17) is 0 Å². The Hall–Kier alpha value is -3.26. The van der Waals surface area contributed by atoms with Crippen LogP contribution >= 0.6 is 0 Å². The van der Waals surface area contributed by atoms with E-state index >= 15 is 0 Å². The largest absolute Gasteiger partial charge is 0.216 e. The molecule has 2 heteroatoms. The van der Waals surface area contributed by atoms with Gasteiger partial charge in [-0.25, -0.2) is 4.58 Å². The second kappa shape index (κ2) is 10.4. The molecule has 0 spiro atoms. The van der Waals surface area contributed by atoms with E-state index in [1.54, 1.807) is 6.08 Å². The lowest BCUT2D eigenvalue weighted by Crippen LogP contribution is -2.32. The minimum atomic E-state index is 0.556. The first-order chi connectivity index (χ1) is 15.4. The van der Waals surface area contributed by atoms with Crippen LogP contribution in [0.5, 0.6) is 0 Å². The fraction of sp³-hybridized carbons (Fsp3) is 0.267. The van der Waals surface area contributed by atoms with Crippen LogP contribution < -0.4 is 4.57 Å². The number of aromatic nitrogens is 1. The quantitative estimate of drug-likeness (QED) is 0.249. The zero-order valence-corrected chi connectivity index (χ0v) is 20.2. The molecule has 1 atom stereocenters. The van der Waals surface area contributed by atoms with Gasteiger partial charge >= 0.3 is 0 Å². The molecule has 0 fully saturated rings. The van der Waals surface area contributed by atoms with Crippen molar-refractivity contribution >= 4 is 11.9 Å². The van der Waals surface area contributed by atoms with Gasteiger partial charge < -0.3 is 0 Å². The van der Waals surface area contributed by atoms with Gasteiger partial charge in [0.2, 0.25) is 11.4 Å². The summed E-state index contributed by atoms with van der Waals surface area (Å²) in [5, 5.41) is 0. The summed E-state index contributed by atoms with van der Waals surface area (Å²) in [5.41, 5.74) is 10.6. The van der Waals surface area contributed by atoms with E-state index in [1.807, 2.05) is 17.8 Å². The SMILES string of the molecule is C=CC=[N+](C)C(=C)c1ccccc1C(C)CC.Cc1cc[n+]2c(c1C)-c1ccccc1C2. The van der Waals surface area contributed by atoms with Gasteiger partial charge in [-0.2, -0.15) is 4.57 Å². The van der Waals surface area contributed by atoms with Gasteiger partial charge in [-0.1, -0.05) is 56.8 Å². The number of aryl methyl sites for hydroxylation is 1. The summed E-state index contributed by atoms with van der Waals surface area (Å²) in [7, 11) is 2.00. The Morgan fingerprint density at radius 1 is 1.09 bits per heavy atom. The Labute approximate surface area is 193 Å². The predicted octanol–water partition coefficient (Wildman–Crippen LogP) is 6.69. The van der Waals surface area contributed by atoms with Gasteiger partial charge in [0.05, 0.1) is 5.56 Å². The highest BCUT2D eigenvalue weighted by Gasteiger charge is 2.27. The molecule has 0 saturated carbocycles. The van der Waals surface area contributed by atoms with Crippen LogP contribution in [0.2, 0.25) is 0 Å². The summed E-state index contributed by atoms with van der Waals surface area (Å²) < 4.78 is 4.35. The summed E-state index contributed by atoms with van der Waals surface area (Å²) in [6.07, 6.45) is 7.03. The first kappa shape index (κ1) is 23.4. The molecule has 2 heterocycles. The van der Waals surface area contributed by atoms with Crippen LogP contribution in [0.25, 0.3) is 17.0 Å². The molecule has 1 aliphatic rings. The number of pyridine rings is 1. The lowest BCUT2D eigenvalue weighted by atomic mass is 9.92. The van der Waals surface area contributed by atoms with E-state index in [9.17, 15) is 0 Å². The highest BCUT2D eigenvalue weighted by molar-refractivity contribution is 5.70. The Morgan fingerprint density at radius 2 is 1.78 bits per heavy atom. The number of rotatable bonds is 5. The average molecular weight is 425 g/mol. The number of nitrogens with zero attached hydrogens (tertiary/aromatic N) is 2. The van der Waals surface area contributed by atoms with Crippen LogP contribution in [0, 0.1) is 13.8 Å². The monoisotopic (exact) mass is 424 g/mol. The van der Waals surface area contributed by atoms with Crippen LogP contribution in [-0.2, 0) is 6.54 Å². The van der Waals surface area contributed by atoms with E-state index in [1.165, 1.54) is 39.1 Å². The molecule has 0 amide bonds. The summed E-state index contributed by atoms with van der Waals surface area (Å²) >= 11 is 0. The maximum atomic E-state index is 4.17. The van der Waals surface area contributed by atoms with Crippen molar-refractivity contribution in [3.8, 4) is 11.3 Å². The lowest BCUT2D eigenvalue weighted by molar-refractivity contribution is -0.672. The summed E-state index contributed by atoms with van der Waals surface area (Å²) in [4.78, 5) is 0. The van der Waals surface area contributed by atoms with Gasteiger partial charge in [0.25, 0.3) is 0 Å². The molecule has 4 rings (SSSR count). The van der Waals surface area contributed by atoms with Gasteiger partial charge in [0.15, 0.2) is 19.0 Å². The molecule has 2 aromatic carbocycles. The molecule has 32 heavy (non-hydrogen) atoms. The number of benzene rings is 2. The van der Waals surface area contributed by atoms with Crippen molar-refractivity contribution in [2.75, 3.05) is 7.05 Å². The zero-order chi connectivity index (χ0) is 23.3. The minimum absolute atomic E-state index is 0.556. The maximum absolute atomic E-state index is 4.17. The van der Waals surface area contributed by atoms with E-state index in [0.717, 1.165) is 18.7 Å². The molecule has 2 nitrogen and oxygen atoms in total. The van der Waals surface area contributed by atoms with E-state index in [0.29, 0.717) is 5.92 Å². The third-order valence-corrected chi connectivity index (χ3v) is 6.52. The smallest absolute Gasteiger partial charge is 0.202 e. The molecule has 3 aromatic rings. The second-order valence-corrected chi connectivity index (χ2v) is 8.60. The molecular formula is C30H36N2+2. The van der Waals surface area contributed by atoms with Crippen molar-refractivity contribution in [2.45, 2.75) is 46.6 Å². The fourth-order valence-electron chi connectivity index (χ4n) is 4.21. The molecule has 0 N–H and O–H groups in total. The standard InChI is InChI=1S/C16H22N.C14H14N/c1-6-12-17(5)14(4)16-11-9-8-10-15(16)13(3)7-2;1-10-7-8-15-9-12-5-3-4-6-13(12)14(15)11(10)2/h6,8-13H,1,4,7H2,2-3,5H3;3-8H,9H2,1-2H3/q2*+1. The molecule has 1 unspecified atom stereocenters. The summed E-state index contributed by atoms with van der Waals surface area (Å²) in [6.45, 7) is 17.8. The van der Waals surface area contributed by atoms with Gasteiger partial charge in [0.1, 0.15) is 7.05 Å². The molecular weight excluding hydrogens is 388 g/mol. The summed E-state index contributed by atoms with van der Waals surface area (Å²) in [5.74, 6) is 0.556. The maximum Gasteiger partial charge on any atom is 0.216 e. The Morgan fingerprint density at radius 3 is 2.50 bits per heavy atom. The van der Waals surface area contributed by atoms with Crippen LogP contribution in [0.15, 0.2) is 80.0 Å². The number of fused-ring (bicyclic) bond motifs is 3. The van der Waals surface area contributed by atoms with Crippen LogP contribution in [-0.4, -0.2) is 17.8 Å². The predicted molar refractivity (Wildman–Crippen MR) is 137 cm³/mol. The number of hydrogen-bond acceptors (Lipinski definition) is 0. The Kier molecular flexibility index (Phi) is 7.58. The van der Waals surface area contributed by atoms with Gasteiger partial charge in [-0.3, -0.25) is 0 Å². The topological polar surface area (TPSA) is 6.89 Å². The molecule has 0 radical (unpaired) electrons. The molecule has 1 aliphatic heterocycles. The molecule has 0 aliphatic carbocycles. The molecule has 164 valence electrons. The van der Waals surface area contributed by atoms with Gasteiger partial charge in [0, 0.05) is 22.8 Å². The zero-order valence-electron chi connectivity index (χ0n) is 20.2. The van der Waals surface area contributed by atoms with E-state index in [-0.39, 0.29) is 0 Å². The first-order valence-corrected chi connectivity index (χ1v) is 11.4.